The van der Waals surface area contributed by atoms with Crippen molar-refractivity contribution >= 4 is 11.8 Å². The number of nitrogens with one attached hydrogen (secondary N) is 1. The van der Waals surface area contributed by atoms with Gasteiger partial charge >= 0.3 is 6.03 Å². The van der Waals surface area contributed by atoms with Gasteiger partial charge in [0.05, 0.1) is 13.2 Å². The number of ether oxygens (including phenoxy) is 1. The number of carbonyl (C=O) groups excluding carboxylic acids is 1. The first kappa shape index (κ1) is 16.5. The van der Waals surface area contributed by atoms with E-state index in [1.54, 1.807) is 11.8 Å². The lowest BCUT2D eigenvalue weighted by atomic mass is 9.99. The molecule has 24 heavy (non-hydrogen) atoms. The maximum atomic E-state index is 12.4. The van der Waals surface area contributed by atoms with Crippen molar-refractivity contribution in [3.63, 3.8) is 0 Å². The van der Waals surface area contributed by atoms with Gasteiger partial charge in [-0.1, -0.05) is 30.3 Å². The zero-order chi connectivity index (χ0) is 16.8. The van der Waals surface area contributed by atoms with Crippen molar-refractivity contribution in [1.29, 1.82) is 0 Å². The third kappa shape index (κ3) is 4.35. The zero-order valence-corrected chi connectivity index (χ0v) is 14.0. The van der Waals surface area contributed by atoms with Crippen LogP contribution in [0.3, 0.4) is 0 Å². The van der Waals surface area contributed by atoms with Gasteiger partial charge in [-0.15, -0.1) is 0 Å². The van der Waals surface area contributed by atoms with Crippen LogP contribution in [-0.2, 0) is 17.7 Å². The summed E-state index contributed by atoms with van der Waals surface area (Å²) in [5.41, 5.74) is 1.33. The molecule has 0 saturated carbocycles. The Balaban J connectivity index is 1.48. The summed E-state index contributed by atoms with van der Waals surface area (Å²) in [6, 6.07) is 12.2. The summed E-state index contributed by atoms with van der Waals surface area (Å²) in [4.78, 5) is 14.3. The van der Waals surface area contributed by atoms with Gasteiger partial charge in [-0.2, -0.15) is 5.10 Å². The third-order valence-corrected chi connectivity index (χ3v) is 4.34. The predicted molar refractivity (Wildman–Crippen MR) is 92.9 cm³/mol. The molecule has 0 bridgehead atoms. The van der Waals surface area contributed by atoms with Crippen molar-refractivity contribution in [3.8, 4) is 0 Å². The van der Waals surface area contributed by atoms with E-state index in [0.29, 0.717) is 24.9 Å². The van der Waals surface area contributed by atoms with E-state index in [2.05, 4.69) is 34.7 Å². The molecule has 0 spiro atoms. The second-order valence-electron chi connectivity index (χ2n) is 6.18. The van der Waals surface area contributed by atoms with Crippen LogP contribution in [-0.4, -0.2) is 47.5 Å². The number of urea groups is 1. The highest BCUT2D eigenvalue weighted by Gasteiger charge is 2.26. The van der Waals surface area contributed by atoms with Gasteiger partial charge in [-0.3, -0.25) is 10.00 Å². The Labute approximate surface area is 142 Å². The molecule has 1 aliphatic rings. The fraction of sp³-hybridized carbons (Fsp3) is 0.444. The highest BCUT2D eigenvalue weighted by atomic mass is 16.5. The van der Waals surface area contributed by atoms with E-state index in [0.717, 1.165) is 25.9 Å². The molecule has 1 atom stereocenters. The summed E-state index contributed by atoms with van der Waals surface area (Å²) in [6.07, 6.45) is 3.91. The molecule has 1 N–H and O–H groups in total. The minimum absolute atomic E-state index is 0.0671. The molecule has 1 aromatic carbocycles. The molecule has 1 aliphatic heterocycles. The SMILES string of the molecule is COCCn1ccc(NC(=O)N2CCC(Cc3ccccc3)C2)n1. The molecular formula is C18H24N4O2. The average molecular weight is 328 g/mol. The number of hydrogen-bond acceptors (Lipinski definition) is 3. The maximum Gasteiger partial charge on any atom is 0.323 e. The minimum atomic E-state index is -0.0671. The Kier molecular flexibility index (Phi) is 5.48. The van der Waals surface area contributed by atoms with Crippen LogP contribution >= 0.6 is 0 Å². The van der Waals surface area contributed by atoms with Gasteiger partial charge < -0.3 is 9.64 Å². The molecule has 2 aromatic rings. The van der Waals surface area contributed by atoms with Gasteiger partial charge in [0.1, 0.15) is 0 Å². The molecule has 6 heteroatoms. The summed E-state index contributed by atoms with van der Waals surface area (Å²) < 4.78 is 6.79. The molecule has 2 amide bonds. The zero-order valence-electron chi connectivity index (χ0n) is 14.0. The molecule has 6 nitrogen and oxygen atoms in total. The molecule has 1 fully saturated rings. The van der Waals surface area contributed by atoms with Crippen molar-refractivity contribution in [3.05, 3.63) is 48.2 Å². The topological polar surface area (TPSA) is 59.4 Å². The van der Waals surface area contributed by atoms with E-state index in [-0.39, 0.29) is 6.03 Å². The largest absolute Gasteiger partial charge is 0.383 e. The summed E-state index contributed by atoms with van der Waals surface area (Å²) in [5, 5.41) is 7.20. The van der Waals surface area contributed by atoms with E-state index in [1.165, 1.54) is 5.56 Å². The van der Waals surface area contributed by atoms with Crippen molar-refractivity contribution < 1.29 is 9.53 Å². The first-order valence-electron chi connectivity index (χ1n) is 8.37. The van der Waals surface area contributed by atoms with Crippen molar-refractivity contribution in [2.24, 2.45) is 5.92 Å². The van der Waals surface area contributed by atoms with E-state index in [9.17, 15) is 4.79 Å². The van der Waals surface area contributed by atoms with Gasteiger partial charge in [0.25, 0.3) is 0 Å². The fourth-order valence-electron chi connectivity index (χ4n) is 3.06. The number of hydrogen-bond donors (Lipinski definition) is 1. The highest BCUT2D eigenvalue weighted by molar-refractivity contribution is 5.88. The molecule has 1 aromatic heterocycles. The smallest absolute Gasteiger partial charge is 0.323 e. The lowest BCUT2D eigenvalue weighted by molar-refractivity contribution is 0.183. The van der Waals surface area contributed by atoms with Crippen LogP contribution < -0.4 is 5.32 Å². The number of anilines is 1. The number of carbonyl (C=O) groups is 1. The first-order valence-corrected chi connectivity index (χ1v) is 8.37. The van der Waals surface area contributed by atoms with Gasteiger partial charge in [0.2, 0.25) is 0 Å². The number of nitrogens with zero attached hydrogens (tertiary/aromatic N) is 3. The molecule has 2 heterocycles. The third-order valence-electron chi connectivity index (χ3n) is 4.34. The normalized spacial score (nSPS) is 17.2. The standard InChI is InChI=1S/C18H24N4O2/c1-24-12-11-22-10-8-17(20-22)19-18(23)21-9-7-16(14-21)13-15-5-3-2-4-6-15/h2-6,8,10,16H,7,9,11-14H2,1H3,(H,19,20,23). The number of methoxy groups -OCH3 is 1. The van der Waals surface area contributed by atoms with E-state index in [1.807, 2.05) is 23.2 Å². The van der Waals surface area contributed by atoms with Crippen LogP contribution in [0, 0.1) is 5.92 Å². The number of aromatic nitrogens is 2. The Morgan fingerprint density at radius 3 is 2.96 bits per heavy atom. The van der Waals surface area contributed by atoms with Crippen LogP contribution in [0.1, 0.15) is 12.0 Å². The van der Waals surface area contributed by atoms with Gasteiger partial charge in [0.15, 0.2) is 5.82 Å². The van der Waals surface area contributed by atoms with Crippen LogP contribution in [0.4, 0.5) is 10.6 Å². The minimum Gasteiger partial charge on any atom is -0.383 e. The Hall–Kier alpha value is -2.34. The Morgan fingerprint density at radius 2 is 2.17 bits per heavy atom. The summed E-state index contributed by atoms with van der Waals surface area (Å²) >= 11 is 0. The Bertz CT molecular complexity index is 656. The van der Waals surface area contributed by atoms with Crippen molar-refractivity contribution in [2.45, 2.75) is 19.4 Å². The summed E-state index contributed by atoms with van der Waals surface area (Å²) in [5.74, 6) is 1.11. The molecular weight excluding hydrogens is 304 g/mol. The van der Waals surface area contributed by atoms with Crippen LogP contribution in [0.25, 0.3) is 0 Å². The van der Waals surface area contributed by atoms with Gasteiger partial charge in [0, 0.05) is 32.5 Å². The number of likely N-dealkylation sites (tertiary alicyclic amines) is 1. The van der Waals surface area contributed by atoms with E-state index >= 15 is 0 Å². The number of amides is 2. The summed E-state index contributed by atoms with van der Waals surface area (Å²) in [7, 11) is 1.66. The number of benzene rings is 1. The quantitative estimate of drug-likeness (QED) is 0.887. The predicted octanol–water partition coefficient (Wildman–Crippen LogP) is 2.63. The van der Waals surface area contributed by atoms with Crippen LogP contribution in [0.15, 0.2) is 42.6 Å². The molecule has 1 saturated heterocycles. The van der Waals surface area contributed by atoms with E-state index in [4.69, 9.17) is 4.74 Å². The second-order valence-corrected chi connectivity index (χ2v) is 6.18. The van der Waals surface area contributed by atoms with Crippen LogP contribution in [0.5, 0.6) is 0 Å². The highest BCUT2D eigenvalue weighted by Crippen LogP contribution is 2.21. The maximum absolute atomic E-state index is 12.4. The number of rotatable bonds is 6. The van der Waals surface area contributed by atoms with E-state index < -0.39 is 0 Å². The van der Waals surface area contributed by atoms with Gasteiger partial charge in [-0.25, -0.2) is 4.79 Å². The lowest BCUT2D eigenvalue weighted by Gasteiger charge is -2.16. The fourth-order valence-corrected chi connectivity index (χ4v) is 3.06. The summed E-state index contributed by atoms with van der Waals surface area (Å²) in [6.45, 7) is 2.87. The monoisotopic (exact) mass is 328 g/mol. The van der Waals surface area contributed by atoms with Crippen molar-refractivity contribution in [1.82, 2.24) is 14.7 Å². The molecule has 0 aliphatic carbocycles. The molecule has 128 valence electrons. The van der Waals surface area contributed by atoms with Crippen LogP contribution in [0.2, 0.25) is 0 Å². The first-order chi connectivity index (χ1) is 11.7. The average Bonchev–Trinajstić information content (AvgIpc) is 3.23. The lowest BCUT2D eigenvalue weighted by Crippen LogP contribution is -2.33. The second kappa shape index (κ2) is 7.97. The molecule has 3 rings (SSSR count). The molecule has 0 radical (unpaired) electrons. The molecule has 1 unspecified atom stereocenters. The van der Waals surface area contributed by atoms with Gasteiger partial charge in [-0.05, 0) is 24.3 Å². The Morgan fingerprint density at radius 1 is 1.33 bits per heavy atom. The van der Waals surface area contributed by atoms with Crippen molar-refractivity contribution in [2.75, 3.05) is 32.1 Å².